The van der Waals surface area contributed by atoms with Crippen molar-refractivity contribution in [2.45, 2.75) is 18.3 Å². The average Bonchev–Trinajstić information content (AvgIpc) is 2.63. The standard InChI is InChI=1S/C6H10N4O/c7-11-3-6(1-2-6)5-8-4-9-10-5/h4H,1-3,7H2,(H,8,9,10). The first kappa shape index (κ1) is 6.75. The molecule has 1 saturated carbocycles. The third-order valence-corrected chi connectivity index (χ3v) is 2.13. The molecular weight excluding hydrogens is 144 g/mol. The van der Waals surface area contributed by atoms with Crippen molar-refractivity contribution >= 4 is 0 Å². The van der Waals surface area contributed by atoms with E-state index in [1.807, 2.05) is 0 Å². The van der Waals surface area contributed by atoms with E-state index in [1.54, 1.807) is 0 Å². The summed E-state index contributed by atoms with van der Waals surface area (Å²) in [6, 6.07) is 0. The van der Waals surface area contributed by atoms with Crippen LogP contribution in [0, 0.1) is 0 Å². The Kier molecular flexibility index (Phi) is 1.40. The summed E-state index contributed by atoms with van der Waals surface area (Å²) in [5.41, 5.74) is 0.0469. The molecular formula is C6H10N4O. The molecule has 1 aliphatic rings. The van der Waals surface area contributed by atoms with Crippen LogP contribution in [0.1, 0.15) is 18.7 Å². The molecule has 2 rings (SSSR count). The Hall–Kier alpha value is -0.940. The van der Waals surface area contributed by atoms with E-state index >= 15 is 0 Å². The first-order valence-electron chi connectivity index (χ1n) is 3.55. The van der Waals surface area contributed by atoms with Gasteiger partial charge in [-0.25, -0.2) is 10.9 Å². The number of aromatic amines is 1. The number of rotatable bonds is 3. The zero-order valence-corrected chi connectivity index (χ0v) is 6.08. The van der Waals surface area contributed by atoms with E-state index < -0.39 is 0 Å². The van der Waals surface area contributed by atoms with Gasteiger partial charge >= 0.3 is 0 Å². The molecule has 11 heavy (non-hydrogen) atoms. The molecule has 0 saturated heterocycles. The highest BCUT2D eigenvalue weighted by Crippen LogP contribution is 2.46. The molecule has 0 radical (unpaired) electrons. The molecule has 0 aliphatic heterocycles. The maximum Gasteiger partial charge on any atom is 0.137 e. The van der Waals surface area contributed by atoms with Crippen LogP contribution in [0.4, 0.5) is 0 Å². The van der Waals surface area contributed by atoms with E-state index in [1.165, 1.54) is 6.33 Å². The zero-order valence-electron chi connectivity index (χ0n) is 6.08. The van der Waals surface area contributed by atoms with Crippen LogP contribution < -0.4 is 5.90 Å². The average molecular weight is 154 g/mol. The van der Waals surface area contributed by atoms with E-state index in [-0.39, 0.29) is 5.41 Å². The molecule has 1 heterocycles. The molecule has 5 heteroatoms. The van der Waals surface area contributed by atoms with Crippen LogP contribution in [0.25, 0.3) is 0 Å². The number of hydrogen-bond donors (Lipinski definition) is 2. The third-order valence-electron chi connectivity index (χ3n) is 2.13. The van der Waals surface area contributed by atoms with Gasteiger partial charge in [0.2, 0.25) is 0 Å². The molecule has 0 bridgehead atoms. The summed E-state index contributed by atoms with van der Waals surface area (Å²) in [5, 5.41) is 6.61. The van der Waals surface area contributed by atoms with Gasteiger partial charge in [-0.2, -0.15) is 5.10 Å². The first-order valence-corrected chi connectivity index (χ1v) is 3.55. The van der Waals surface area contributed by atoms with Crippen LogP contribution in [-0.4, -0.2) is 21.8 Å². The number of aromatic nitrogens is 3. The highest BCUT2D eigenvalue weighted by atomic mass is 16.6. The fourth-order valence-corrected chi connectivity index (χ4v) is 1.22. The highest BCUT2D eigenvalue weighted by molar-refractivity contribution is 5.16. The van der Waals surface area contributed by atoms with Gasteiger partial charge in [-0.05, 0) is 12.8 Å². The molecule has 0 spiro atoms. The van der Waals surface area contributed by atoms with Gasteiger partial charge < -0.3 is 4.84 Å². The monoisotopic (exact) mass is 154 g/mol. The minimum absolute atomic E-state index is 0.0469. The predicted molar refractivity (Wildman–Crippen MR) is 37.4 cm³/mol. The second-order valence-corrected chi connectivity index (χ2v) is 2.93. The van der Waals surface area contributed by atoms with Crippen molar-refractivity contribution in [3.63, 3.8) is 0 Å². The van der Waals surface area contributed by atoms with Crippen molar-refractivity contribution in [3.8, 4) is 0 Å². The Morgan fingerprint density at radius 1 is 1.73 bits per heavy atom. The Bertz CT molecular complexity index is 229. The van der Waals surface area contributed by atoms with Crippen molar-refractivity contribution in [2.75, 3.05) is 6.61 Å². The summed E-state index contributed by atoms with van der Waals surface area (Å²) in [7, 11) is 0. The van der Waals surface area contributed by atoms with Crippen LogP contribution in [0.2, 0.25) is 0 Å². The van der Waals surface area contributed by atoms with Crippen molar-refractivity contribution in [1.82, 2.24) is 15.2 Å². The van der Waals surface area contributed by atoms with Crippen LogP contribution in [-0.2, 0) is 10.3 Å². The van der Waals surface area contributed by atoms with E-state index in [4.69, 9.17) is 5.90 Å². The second kappa shape index (κ2) is 2.28. The van der Waals surface area contributed by atoms with Gasteiger partial charge in [-0.3, -0.25) is 5.10 Å². The van der Waals surface area contributed by atoms with Crippen molar-refractivity contribution in [1.29, 1.82) is 0 Å². The molecule has 1 fully saturated rings. The summed E-state index contributed by atoms with van der Waals surface area (Å²) in [6.07, 6.45) is 3.67. The largest absolute Gasteiger partial charge is 0.304 e. The molecule has 1 aliphatic carbocycles. The summed E-state index contributed by atoms with van der Waals surface area (Å²) in [6.45, 7) is 0.530. The van der Waals surface area contributed by atoms with E-state index in [0.717, 1.165) is 18.7 Å². The van der Waals surface area contributed by atoms with Crippen LogP contribution in [0.3, 0.4) is 0 Å². The number of nitrogens with one attached hydrogen (secondary N) is 1. The van der Waals surface area contributed by atoms with Crippen molar-refractivity contribution < 1.29 is 4.84 Å². The SMILES string of the molecule is NOCC1(c2ncn[nH]2)CC1. The number of H-pyrrole nitrogens is 1. The smallest absolute Gasteiger partial charge is 0.137 e. The van der Waals surface area contributed by atoms with E-state index in [2.05, 4.69) is 20.0 Å². The highest BCUT2D eigenvalue weighted by Gasteiger charge is 2.47. The van der Waals surface area contributed by atoms with Gasteiger partial charge in [0.05, 0.1) is 12.0 Å². The Balaban J connectivity index is 2.15. The van der Waals surface area contributed by atoms with E-state index in [0.29, 0.717) is 6.61 Å². The topological polar surface area (TPSA) is 76.8 Å². The second-order valence-electron chi connectivity index (χ2n) is 2.93. The normalized spacial score (nSPS) is 20.1. The van der Waals surface area contributed by atoms with Crippen LogP contribution in [0.15, 0.2) is 6.33 Å². The maximum atomic E-state index is 5.00. The Labute approximate surface area is 63.9 Å². The molecule has 60 valence electrons. The van der Waals surface area contributed by atoms with Crippen LogP contribution in [0.5, 0.6) is 0 Å². The van der Waals surface area contributed by atoms with E-state index in [9.17, 15) is 0 Å². The minimum Gasteiger partial charge on any atom is -0.304 e. The summed E-state index contributed by atoms with van der Waals surface area (Å²) in [4.78, 5) is 8.67. The summed E-state index contributed by atoms with van der Waals surface area (Å²) < 4.78 is 0. The van der Waals surface area contributed by atoms with Crippen molar-refractivity contribution in [2.24, 2.45) is 5.90 Å². The fraction of sp³-hybridized carbons (Fsp3) is 0.667. The number of nitrogens with zero attached hydrogens (tertiary/aromatic N) is 2. The molecule has 5 nitrogen and oxygen atoms in total. The minimum atomic E-state index is 0.0469. The molecule has 0 unspecified atom stereocenters. The van der Waals surface area contributed by atoms with Crippen LogP contribution >= 0.6 is 0 Å². The molecule has 0 amide bonds. The third kappa shape index (κ3) is 1.02. The van der Waals surface area contributed by atoms with Gasteiger partial charge in [0.1, 0.15) is 12.2 Å². The fourth-order valence-electron chi connectivity index (χ4n) is 1.22. The number of nitrogens with two attached hydrogens (primary N) is 1. The lowest BCUT2D eigenvalue weighted by Gasteiger charge is -2.07. The van der Waals surface area contributed by atoms with Gasteiger partial charge in [0.15, 0.2) is 0 Å². The lowest BCUT2D eigenvalue weighted by molar-refractivity contribution is 0.114. The maximum absolute atomic E-state index is 5.00. The molecule has 1 aromatic heterocycles. The summed E-state index contributed by atoms with van der Waals surface area (Å²) >= 11 is 0. The molecule has 0 aromatic carbocycles. The van der Waals surface area contributed by atoms with Crippen molar-refractivity contribution in [3.05, 3.63) is 12.2 Å². The quantitative estimate of drug-likeness (QED) is 0.587. The lowest BCUT2D eigenvalue weighted by atomic mass is 10.1. The Morgan fingerprint density at radius 3 is 3.00 bits per heavy atom. The first-order chi connectivity index (χ1) is 5.37. The zero-order chi connectivity index (χ0) is 7.73. The molecule has 0 atom stereocenters. The van der Waals surface area contributed by atoms with Gasteiger partial charge in [-0.15, -0.1) is 0 Å². The van der Waals surface area contributed by atoms with Gasteiger partial charge in [-0.1, -0.05) is 0 Å². The van der Waals surface area contributed by atoms with Gasteiger partial charge in [0.25, 0.3) is 0 Å². The number of hydrogen-bond acceptors (Lipinski definition) is 4. The predicted octanol–water partition coefficient (Wildman–Crippen LogP) is -0.273. The van der Waals surface area contributed by atoms with Gasteiger partial charge in [0, 0.05) is 0 Å². The molecule has 3 N–H and O–H groups in total. The Morgan fingerprint density at radius 2 is 2.55 bits per heavy atom. The summed E-state index contributed by atoms with van der Waals surface area (Å²) in [5.74, 6) is 5.89. The molecule has 1 aromatic rings. The lowest BCUT2D eigenvalue weighted by Crippen LogP contribution is -2.19.